The number of aliphatic hydroxyl groups excluding tert-OH is 1. The van der Waals surface area contributed by atoms with Crippen molar-refractivity contribution < 1.29 is 9.90 Å². The first-order valence-electron chi connectivity index (χ1n) is 9.73. The zero-order valence-corrected chi connectivity index (χ0v) is 17.3. The maximum Gasteiger partial charge on any atom is 0.329 e. The van der Waals surface area contributed by atoms with Crippen molar-refractivity contribution in [2.24, 2.45) is 0 Å². The molecule has 1 atom stereocenters. The van der Waals surface area contributed by atoms with E-state index in [0.29, 0.717) is 18.1 Å². The number of hydrogen-bond acceptors (Lipinski definition) is 5. The number of aryl methyl sites for hydroxylation is 1. The van der Waals surface area contributed by atoms with Crippen LogP contribution in [0.4, 0.5) is 9.93 Å². The Balaban J connectivity index is 2.27. The topological polar surface area (TPSA) is 69.6 Å². The van der Waals surface area contributed by atoms with E-state index in [1.54, 1.807) is 4.90 Å². The summed E-state index contributed by atoms with van der Waals surface area (Å²) in [6.07, 6.45) is 14.4. The van der Waals surface area contributed by atoms with Crippen molar-refractivity contribution in [1.82, 2.24) is 15.1 Å². The van der Waals surface area contributed by atoms with Gasteiger partial charge < -0.3 is 10.0 Å². The van der Waals surface area contributed by atoms with Gasteiger partial charge in [0.25, 0.3) is 0 Å². The number of amides is 2. The molecule has 1 saturated heterocycles. The number of anilines is 1. The molecule has 1 aromatic rings. The molecule has 27 heavy (non-hydrogen) atoms. The SMILES string of the molecule is C#CC(CCC)(CCC)N1CCC(O)N(c2nnc(CCC=CC)s2)C1=O. The van der Waals surface area contributed by atoms with Gasteiger partial charge in [-0.25, -0.2) is 9.69 Å². The normalized spacial score (nSPS) is 18.3. The molecule has 1 aliphatic heterocycles. The Labute approximate surface area is 166 Å². The zero-order valence-electron chi connectivity index (χ0n) is 16.5. The summed E-state index contributed by atoms with van der Waals surface area (Å²) in [5, 5.41) is 20.1. The van der Waals surface area contributed by atoms with E-state index < -0.39 is 11.8 Å². The average Bonchev–Trinajstić information content (AvgIpc) is 3.10. The van der Waals surface area contributed by atoms with Gasteiger partial charge >= 0.3 is 6.03 Å². The minimum absolute atomic E-state index is 0.273. The summed E-state index contributed by atoms with van der Waals surface area (Å²) in [5.41, 5.74) is -0.613. The van der Waals surface area contributed by atoms with Crippen LogP contribution in [0.25, 0.3) is 0 Å². The first-order chi connectivity index (χ1) is 13.0. The maximum absolute atomic E-state index is 13.3. The second kappa shape index (κ2) is 9.86. The van der Waals surface area contributed by atoms with Crippen LogP contribution in [0.3, 0.4) is 0 Å². The van der Waals surface area contributed by atoms with Crippen LogP contribution in [0.1, 0.15) is 64.3 Å². The molecular formula is C20H30N4O2S. The molecule has 6 nitrogen and oxygen atoms in total. The van der Waals surface area contributed by atoms with Crippen LogP contribution in [0.5, 0.6) is 0 Å². The van der Waals surface area contributed by atoms with Gasteiger partial charge in [0.15, 0.2) is 0 Å². The Hall–Kier alpha value is -1.91. The number of allylic oxidation sites excluding steroid dienone is 2. The lowest BCUT2D eigenvalue weighted by molar-refractivity contribution is 0.0711. The highest BCUT2D eigenvalue weighted by molar-refractivity contribution is 7.15. The quantitative estimate of drug-likeness (QED) is 0.512. The van der Waals surface area contributed by atoms with Crippen LogP contribution < -0.4 is 4.90 Å². The smallest absolute Gasteiger partial charge is 0.329 e. The number of carbonyl (C=O) groups is 1. The van der Waals surface area contributed by atoms with Gasteiger partial charge in [-0.05, 0) is 26.2 Å². The molecule has 0 saturated carbocycles. The fraction of sp³-hybridized carbons (Fsp3) is 0.650. The Bertz CT molecular complexity index is 688. The van der Waals surface area contributed by atoms with E-state index in [1.807, 2.05) is 13.0 Å². The number of hydrogen-bond donors (Lipinski definition) is 1. The van der Waals surface area contributed by atoms with Crippen molar-refractivity contribution in [2.45, 2.75) is 77.5 Å². The molecule has 1 fully saturated rings. The standard InChI is InChI=1S/C20H30N4O2S/c1-5-9-10-11-16-21-22-18(27-16)24-17(25)12-15-23(19(24)26)20(8-4,13-6-2)14-7-3/h4-5,9,17,25H,6-7,10-15H2,1-3H3. The van der Waals surface area contributed by atoms with Crippen LogP contribution in [-0.2, 0) is 6.42 Å². The van der Waals surface area contributed by atoms with Crippen LogP contribution in [-0.4, -0.2) is 44.5 Å². The fourth-order valence-electron chi connectivity index (χ4n) is 3.59. The van der Waals surface area contributed by atoms with E-state index in [2.05, 4.69) is 36.0 Å². The Morgan fingerprint density at radius 1 is 1.37 bits per heavy atom. The van der Waals surface area contributed by atoms with Gasteiger partial charge in [0.1, 0.15) is 16.8 Å². The van der Waals surface area contributed by atoms with Crippen LogP contribution in [0.15, 0.2) is 12.2 Å². The Morgan fingerprint density at radius 2 is 2.07 bits per heavy atom. The first-order valence-corrected chi connectivity index (χ1v) is 10.5. The monoisotopic (exact) mass is 390 g/mol. The molecule has 0 bridgehead atoms. The van der Waals surface area contributed by atoms with Gasteiger partial charge in [0.2, 0.25) is 5.13 Å². The molecule has 1 aliphatic rings. The van der Waals surface area contributed by atoms with E-state index in [4.69, 9.17) is 6.42 Å². The number of carbonyl (C=O) groups excluding carboxylic acids is 1. The lowest BCUT2D eigenvalue weighted by Gasteiger charge is -2.46. The molecule has 7 heteroatoms. The Morgan fingerprint density at radius 3 is 2.67 bits per heavy atom. The van der Waals surface area contributed by atoms with Crippen molar-refractivity contribution in [3.63, 3.8) is 0 Å². The molecule has 1 aromatic heterocycles. The predicted octanol–water partition coefficient (Wildman–Crippen LogP) is 3.97. The Kier molecular flexibility index (Phi) is 7.81. The predicted molar refractivity (Wildman–Crippen MR) is 110 cm³/mol. The van der Waals surface area contributed by atoms with Crippen molar-refractivity contribution in [3.8, 4) is 12.3 Å². The molecule has 148 valence electrons. The number of aromatic nitrogens is 2. The second-order valence-electron chi connectivity index (χ2n) is 6.84. The molecule has 2 rings (SSSR count). The minimum atomic E-state index is -0.899. The van der Waals surface area contributed by atoms with E-state index in [1.165, 1.54) is 16.2 Å². The molecule has 2 heterocycles. The van der Waals surface area contributed by atoms with Crippen molar-refractivity contribution in [3.05, 3.63) is 17.2 Å². The number of urea groups is 1. The largest absolute Gasteiger partial charge is 0.373 e. The minimum Gasteiger partial charge on any atom is -0.373 e. The summed E-state index contributed by atoms with van der Waals surface area (Å²) < 4.78 is 0. The lowest BCUT2D eigenvalue weighted by Crippen LogP contribution is -2.62. The van der Waals surface area contributed by atoms with Crippen molar-refractivity contribution in [2.75, 3.05) is 11.4 Å². The summed E-state index contributed by atoms with van der Waals surface area (Å²) in [6.45, 7) is 6.58. The van der Waals surface area contributed by atoms with Gasteiger partial charge in [-0.1, -0.05) is 56.1 Å². The third-order valence-corrected chi connectivity index (χ3v) is 5.86. The summed E-state index contributed by atoms with van der Waals surface area (Å²) in [4.78, 5) is 16.4. The summed E-state index contributed by atoms with van der Waals surface area (Å²) in [5.74, 6) is 2.90. The molecule has 0 spiro atoms. The third kappa shape index (κ3) is 4.69. The third-order valence-electron chi connectivity index (χ3n) is 4.88. The van der Waals surface area contributed by atoms with Crippen LogP contribution >= 0.6 is 11.3 Å². The summed E-state index contributed by atoms with van der Waals surface area (Å²) in [6, 6.07) is -0.273. The van der Waals surface area contributed by atoms with Gasteiger partial charge in [-0.3, -0.25) is 0 Å². The molecule has 0 aromatic carbocycles. The lowest BCUT2D eigenvalue weighted by atomic mass is 9.87. The van der Waals surface area contributed by atoms with Crippen molar-refractivity contribution >= 4 is 22.5 Å². The van der Waals surface area contributed by atoms with E-state index in [0.717, 1.165) is 43.5 Å². The number of rotatable bonds is 9. The molecule has 0 aliphatic carbocycles. The van der Waals surface area contributed by atoms with E-state index in [-0.39, 0.29) is 6.03 Å². The van der Waals surface area contributed by atoms with Crippen molar-refractivity contribution in [1.29, 1.82) is 0 Å². The van der Waals surface area contributed by atoms with Gasteiger partial charge in [0, 0.05) is 19.4 Å². The molecule has 1 unspecified atom stereocenters. The highest BCUT2D eigenvalue weighted by Gasteiger charge is 2.44. The highest BCUT2D eigenvalue weighted by Crippen LogP contribution is 2.34. The maximum atomic E-state index is 13.3. The summed E-state index contributed by atoms with van der Waals surface area (Å²) >= 11 is 1.35. The molecule has 0 radical (unpaired) electrons. The van der Waals surface area contributed by atoms with E-state index in [9.17, 15) is 9.90 Å². The molecule has 1 N–H and O–H groups in total. The number of nitrogens with zero attached hydrogens (tertiary/aromatic N) is 4. The highest BCUT2D eigenvalue weighted by atomic mass is 32.1. The van der Waals surface area contributed by atoms with Crippen LogP contribution in [0.2, 0.25) is 0 Å². The van der Waals surface area contributed by atoms with Gasteiger partial charge in [-0.15, -0.1) is 16.6 Å². The average molecular weight is 391 g/mol. The fourth-order valence-corrected chi connectivity index (χ4v) is 4.49. The van der Waals surface area contributed by atoms with E-state index >= 15 is 0 Å². The van der Waals surface area contributed by atoms with Gasteiger partial charge in [0.05, 0.1) is 0 Å². The molecular weight excluding hydrogens is 360 g/mol. The molecule has 2 amide bonds. The summed E-state index contributed by atoms with van der Waals surface area (Å²) in [7, 11) is 0. The second-order valence-corrected chi connectivity index (χ2v) is 7.88. The van der Waals surface area contributed by atoms with Gasteiger partial charge in [-0.2, -0.15) is 0 Å². The van der Waals surface area contributed by atoms with Crippen LogP contribution in [0, 0.1) is 12.3 Å². The first kappa shape index (κ1) is 21.4. The number of aliphatic hydroxyl groups is 1. The zero-order chi connectivity index (χ0) is 19.9. The number of terminal acetylenes is 1.